The van der Waals surface area contributed by atoms with E-state index in [1.54, 1.807) is 37.4 Å². The smallest absolute Gasteiger partial charge is 0.256 e. The molecular formula is C20H22IN3O3. The number of piperazine rings is 1. The summed E-state index contributed by atoms with van der Waals surface area (Å²) in [5, 5.41) is 2.88. The lowest BCUT2D eigenvalue weighted by Crippen LogP contribution is -2.47. The van der Waals surface area contributed by atoms with Crippen LogP contribution in [0.2, 0.25) is 0 Å². The van der Waals surface area contributed by atoms with Crippen LogP contribution in [0, 0.1) is 3.57 Å². The van der Waals surface area contributed by atoms with E-state index in [0.717, 1.165) is 22.4 Å². The van der Waals surface area contributed by atoms with Crippen molar-refractivity contribution in [3.05, 3.63) is 57.2 Å². The molecule has 6 nitrogen and oxygen atoms in total. The number of anilines is 1. The largest absolute Gasteiger partial charge is 0.496 e. The fraction of sp³-hybridized carbons (Fsp3) is 0.300. The molecule has 1 heterocycles. The number of nitrogens with zero attached hydrogens (tertiary/aromatic N) is 2. The lowest BCUT2D eigenvalue weighted by molar-refractivity contribution is 0.0665. The number of halogens is 1. The number of hydrogen-bond donors (Lipinski definition) is 1. The summed E-state index contributed by atoms with van der Waals surface area (Å²) in [4.78, 5) is 29.6. The van der Waals surface area contributed by atoms with Gasteiger partial charge in [0.2, 0.25) is 0 Å². The minimum atomic E-state index is -0.255. The van der Waals surface area contributed by atoms with E-state index < -0.39 is 0 Å². The maximum Gasteiger partial charge on any atom is 0.256 e. The Balaban J connectivity index is 1.78. The van der Waals surface area contributed by atoms with Crippen molar-refractivity contribution in [2.24, 2.45) is 0 Å². The number of rotatable bonds is 4. The minimum Gasteiger partial charge on any atom is -0.496 e. The molecule has 0 unspecified atom stereocenters. The third kappa shape index (κ3) is 4.59. The van der Waals surface area contributed by atoms with Crippen LogP contribution in [0.3, 0.4) is 0 Å². The van der Waals surface area contributed by atoms with Gasteiger partial charge in [-0.2, -0.15) is 0 Å². The molecule has 0 saturated carbocycles. The number of likely N-dealkylation sites (N-methyl/N-ethyl adjacent to an activating group) is 1. The molecule has 0 spiro atoms. The fourth-order valence-electron chi connectivity index (χ4n) is 2.96. The predicted octanol–water partition coefficient (Wildman–Crippen LogP) is 2.94. The third-order valence-electron chi connectivity index (χ3n) is 4.61. The van der Waals surface area contributed by atoms with E-state index in [2.05, 4.69) is 32.8 Å². The topological polar surface area (TPSA) is 61.9 Å². The van der Waals surface area contributed by atoms with Crippen molar-refractivity contribution in [3.8, 4) is 5.75 Å². The first-order valence-corrected chi connectivity index (χ1v) is 9.79. The average Bonchev–Trinajstić information content (AvgIpc) is 2.68. The standard InChI is InChI=1S/C20H22IN3O3/c1-23-9-11-24(12-10-23)20(26)15-5-3-4-6-17(15)22-19(25)14-7-8-18(27-2)16(21)13-14/h3-8,13H,9-12H2,1-2H3,(H,22,25). The number of ether oxygens (including phenoxy) is 1. The van der Waals surface area contributed by atoms with Crippen molar-refractivity contribution in [2.75, 3.05) is 45.7 Å². The lowest BCUT2D eigenvalue weighted by atomic mass is 10.1. The van der Waals surface area contributed by atoms with Gasteiger partial charge in [-0.25, -0.2) is 0 Å². The van der Waals surface area contributed by atoms with Crippen molar-refractivity contribution in [1.29, 1.82) is 0 Å². The molecule has 1 aliphatic rings. The molecule has 27 heavy (non-hydrogen) atoms. The fourth-order valence-corrected chi connectivity index (χ4v) is 3.70. The average molecular weight is 479 g/mol. The number of amides is 2. The zero-order chi connectivity index (χ0) is 19.4. The Kier molecular flexibility index (Phi) is 6.33. The molecule has 0 bridgehead atoms. The summed E-state index contributed by atoms with van der Waals surface area (Å²) in [7, 11) is 3.64. The highest BCUT2D eigenvalue weighted by molar-refractivity contribution is 14.1. The maximum absolute atomic E-state index is 12.9. The van der Waals surface area contributed by atoms with Crippen LogP contribution in [0.1, 0.15) is 20.7 Å². The summed E-state index contributed by atoms with van der Waals surface area (Å²) >= 11 is 2.13. The highest BCUT2D eigenvalue weighted by Crippen LogP contribution is 2.23. The monoisotopic (exact) mass is 479 g/mol. The van der Waals surface area contributed by atoms with Crippen molar-refractivity contribution < 1.29 is 14.3 Å². The van der Waals surface area contributed by atoms with Gasteiger partial charge >= 0.3 is 0 Å². The van der Waals surface area contributed by atoms with E-state index in [0.29, 0.717) is 29.9 Å². The van der Waals surface area contributed by atoms with Crippen LogP contribution in [-0.2, 0) is 0 Å². The molecule has 142 valence electrons. The summed E-state index contributed by atoms with van der Waals surface area (Å²) in [5.41, 5.74) is 1.55. The molecular weight excluding hydrogens is 457 g/mol. The Hall–Kier alpha value is -2.13. The molecule has 2 aromatic carbocycles. The van der Waals surface area contributed by atoms with E-state index in [-0.39, 0.29) is 11.8 Å². The Bertz CT molecular complexity index is 848. The Morgan fingerprint density at radius 3 is 2.44 bits per heavy atom. The highest BCUT2D eigenvalue weighted by atomic mass is 127. The molecule has 1 aliphatic heterocycles. The second kappa shape index (κ2) is 8.71. The molecule has 0 radical (unpaired) electrons. The van der Waals surface area contributed by atoms with Crippen molar-refractivity contribution >= 4 is 40.1 Å². The predicted molar refractivity (Wildman–Crippen MR) is 114 cm³/mol. The van der Waals surface area contributed by atoms with Gasteiger partial charge in [-0.05, 0) is 60.0 Å². The number of hydrogen-bond acceptors (Lipinski definition) is 4. The second-order valence-corrected chi connectivity index (χ2v) is 7.61. The molecule has 0 aliphatic carbocycles. The summed E-state index contributed by atoms with van der Waals surface area (Å²) in [6, 6.07) is 12.4. The third-order valence-corrected chi connectivity index (χ3v) is 5.45. The van der Waals surface area contributed by atoms with E-state index in [9.17, 15) is 9.59 Å². The Morgan fingerprint density at radius 2 is 1.78 bits per heavy atom. The number of nitrogens with one attached hydrogen (secondary N) is 1. The first-order valence-electron chi connectivity index (χ1n) is 8.71. The van der Waals surface area contributed by atoms with Crippen molar-refractivity contribution in [3.63, 3.8) is 0 Å². The molecule has 0 atom stereocenters. The van der Waals surface area contributed by atoms with Gasteiger partial charge in [0, 0.05) is 31.7 Å². The highest BCUT2D eigenvalue weighted by Gasteiger charge is 2.23. The molecule has 7 heteroatoms. The van der Waals surface area contributed by atoms with E-state index in [4.69, 9.17) is 4.74 Å². The normalized spacial score (nSPS) is 14.7. The number of carbonyl (C=O) groups excluding carboxylic acids is 2. The van der Waals surface area contributed by atoms with Crippen LogP contribution in [-0.4, -0.2) is 62.0 Å². The zero-order valence-electron chi connectivity index (χ0n) is 15.4. The van der Waals surface area contributed by atoms with Crippen LogP contribution < -0.4 is 10.1 Å². The molecule has 1 fully saturated rings. The number of benzene rings is 2. The molecule has 1 N–H and O–H groups in total. The van der Waals surface area contributed by atoms with Crippen LogP contribution in [0.4, 0.5) is 5.69 Å². The first-order chi connectivity index (χ1) is 13.0. The quantitative estimate of drug-likeness (QED) is 0.686. The Morgan fingerprint density at radius 1 is 1.07 bits per heavy atom. The lowest BCUT2D eigenvalue weighted by Gasteiger charge is -2.32. The van der Waals surface area contributed by atoms with Crippen molar-refractivity contribution in [1.82, 2.24) is 9.80 Å². The molecule has 3 rings (SSSR count). The van der Waals surface area contributed by atoms with Gasteiger partial charge in [-0.15, -0.1) is 0 Å². The van der Waals surface area contributed by atoms with Gasteiger partial charge in [-0.3, -0.25) is 9.59 Å². The van der Waals surface area contributed by atoms with Gasteiger partial charge < -0.3 is 19.9 Å². The van der Waals surface area contributed by atoms with Gasteiger partial charge in [0.15, 0.2) is 0 Å². The van der Waals surface area contributed by atoms with Gasteiger partial charge in [0.25, 0.3) is 11.8 Å². The van der Waals surface area contributed by atoms with Gasteiger partial charge in [-0.1, -0.05) is 12.1 Å². The summed E-state index contributed by atoms with van der Waals surface area (Å²) in [6.07, 6.45) is 0. The summed E-state index contributed by atoms with van der Waals surface area (Å²) < 4.78 is 6.08. The summed E-state index contributed by atoms with van der Waals surface area (Å²) in [5.74, 6) is 0.412. The van der Waals surface area contributed by atoms with E-state index >= 15 is 0 Å². The van der Waals surface area contributed by atoms with Gasteiger partial charge in [0.1, 0.15) is 5.75 Å². The SMILES string of the molecule is COc1ccc(C(=O)Nc2ccccc2C(=O)N2CCN(C)CC2)cc1I. The maximum atomic E-state index is 12.9. The summed E-state index contributed by atoms with van der Waals surface area (Å²) in [6.45, 7) is 3.08. The number of methoxy groups -OCH3 is 1. The second-order valence-electron chi connectivity index (χ2n) is 6.44. The van der Waals surface area contributed by atoms with E-state index in [1.165, 1.54) is 0 Å². The zero-order valence-corrected chi connectivity index (χ0v) is 17.5. The number of carbonyl (C=O) groups is 2. The number of para-hydroxylation sites is 1. The van der Waals surface area contributed by atoms with Gasteiger partial charge in [0.05, 0.1) is 21.9 Å². The van der Waals surface area contributed by atoms with Crippen LogP contribution >= 0.6 is 22.6 Å². The van der Waals surface area contributed by atoms with Crippen LogP contribution in [0.5, 0.6) is 5.75 Å². The molecule has 2 amide bonds. The minimum absolute atomic E-state index is 0.0525. The molecule has 0 aromatic heterocycles. The molecule has 1 saturated heterocycles. The van der Waals surface area contributed by atoms with Crippen LogP contribution in [0.15, 0.2) is 42.5 Å². The Labute approximate surface area is 172 Å². The van der Waals surface area contributed by atoms with E-state index in [1.807, 2.05) is 24.1 Å². The molecule has 2 aromatic rings. The van der Waals surface area contributed by atoms with Crippen LogP contribution in [0.25, 0.3) is 0 Å². The first kappa shape index (κ1) is 19.6. The van der Waals surface area contributed by atoms with Crippen molar-refractivity contribution in [2.45, 2.75) is 0 Å².